The van der Waals surface area contributed by atoms with E-state index in [-0.39, 0.29) is 5.91 Å². The van der Waals surface area contributed by atoms with Gasteiger partial charge in [-0.15, -0.1) is 0 Å². The van der Waals surface area contributed by atoms with Gasteiger partial charge < -0.3 is 5.32 Å². The lowest BCUT2D eigenvalue weighted by Gasteiger charge is -2.02. The van der Waals surface area contributed by atoms with Gasteiger partial charge in [0.25, 0.3) is 0 Å². The van der Waals surface area contributed by atoms with Gasteiger partial charge in [0.15, 0.2) is 0 Å². The molecule has 0 heterocycles. The summed E-state index contributed by atoms with van der Waals surface area (Å²) < 4.78 is 0. The van der Waals surface area contributed by atoms with Crippen molar-refractivity contribution in [3.05, 3.63) is 11.6 Å². The summed E-state index contributed by atoms with van der Waals surface area (Å²) >= 11 is 0. The molecule has 0 bridgehead atoms. The number of hydrogen-bond donors (Lipinski definition) is 1. The lowest BCUT2D eigenvalue weighted by atomic mass is 10.1. The molecule has 2 heteroatoms. The van der Waals surface area contributed by atoms with Crippen LogP contribution >= 0.6 is 0 Å². The number of unbranched alkanes of at least 4 members (excludes halogenated alkanes) is 4. The van der Waals surface area contributed by atoms with Gasteiger partial charge in [0, 0.05) is 13.5 Å². The first-order valence-corrected chi connectivity index (χ1v) is 5.57. The van der Waals surface area contributed by atoms with Crippen LogP contribution in [0.1, 0.15) is 52.9 Å². The van der Waals surface area contributed by atoms with Crippen LogP contribution in [-0.4, -0.2) is 12.5 Å². The lowest BCUT2D eigenvalue weighted by Crippen LogP contribution is -2.21. The highest BCUT2D eigenvalue weighted by molar-refractivity contribution is 5.73. The summed E-state index contributed by atoms with van der Waals surface area (Å²) in [4.78, 5) is 10.6. The molecule has 0 aliphatic carbocycles. The summed E-state index contributed by atoms with van der Waals surface area (Å²) in [6.07, 6.45) is 8.58. The molecule has 14 heavy (non-hydrogen) atoms. The zero-order chi connectivity index (χ0) is 10.8. The highest BCUT2D eigenvalue weighted by atomic mass is 16.1. The third-order valence-electron chi connectivity index (χ3n) is 2.17. The fourth-order valence-corrected chi connectivity index (χ4v) is 1.26. The first kappa shape index (κ1) is 13.2. The molecule has 0 aliphatic heterocycles. The van der Waals surface area contributed by atoms with Crippen molar-refractivity contribution < 1.29 is 4.79 Å². The fourth-order valence-electron chi connectivity index (χ4n) is 1.26. The minimum atomic E-state index is 0.0451. The molecule has 0 fully saturated rings. The van der Waals surface area contributed by atoms with Crippen LogP contribution in [0.25, 0.3) is 0 Å². The predicted octanol–water partition coefficient (Wildman–Crippen LogP) is 3.04. The molecule has 0 aromatic rings. The van der Waals surface area contributed by atoms with Crippen molar-refractivity contribution in [2.75, 3.05) is 6.54 Å². The monoisotopic (exact) mass is 197 g/mol. The number of rotatable bonds is 7. The van der Waals surface area contributed by atoms with Crippen LogP contribution < -0.4 is 5.32 Å². The van der Waals surface area contributed by atoms with Gasteiger partial charge in [-0.25, -0.2) is 0 Å². The Balaban J connectivity index is 3.41. The Labute approximate surface area is 87.8 Å². The maximum atomic E-state index is 10.6. The van der Waals surface area contributed by atoms with Crippen molar-refractivity contribution in [1.29, 1.82) is 0 Å². The maximum absolute atomic E-state index is 10.6. The van der Waals surface area contributed by atoms with Crippen molar-refractivity contribution in [3.8, 4) is 0 Å². The van der Waals surface area contributed by atoms with Crippen LogP contribution in [0.15, 0.2) is 11.6 Å². The van der Waals surface area contributed by atoms with E-state index in [0.29, 0.717) is 6.54 Å². The number of amides is 1. The van der Waals surface area contributed by atoms with Crippen LogP contribution in [-0.2, 0) is 4.79 Å². The summed E-state index contributed by atoms with van der Waals surface area (Å²) in [5, 5.41) is 2.79. The molecule has 0 saturated heterocycles. The first-order valence-electron chi connectivity index (χ1n) is 5.57. The summed E-state index contributed by atoms with van der Waals surface area (Å²) in [5.74, 6) is 0.0451. The average molecular weight is 197 g/mol. The Hall–Kier alpha value is -0.790. The number of allylic oxidation sites excluding steroid dienone is 1. The van der Waals surface area contributed by atoms with Crippen molar-refractivity contribution in [2.45, 2.75) is 52.9 Å². The largest absolute Gasteiger partial charge is 0.353 e. The van der Waals surface area contributed by atoms with Gasteiger partial charge in [0.05, 0.1) is 0 Å². The summed E-state index contributed by atoms with van der Waals surface area (Å²) in [6, 6.07) is 0. The number of nitrogens with one attached hydrogen (secondary N) is 1. The third kappa shape index (κ3) is 9.30. The molecule has 1 N–H and O–H groups in total. The number of carbonyl (C=O) groups excluding carboxylic acids is 1. The second-order valence-electron chi connectivity index (χ2n) is 3.81. The molecule has 0 spiro atoms. The topological polar surface area (TPSA) is 29.1 Å². The van der Waals surface area contributed by atoms with Gasteiger partial charge in [-0.2, -0.15) is 0 Å². The van der Waals surface area contributed by atoms with E-state index in [0.717, 1.165) is 6.42 Å². The quantitative estimate of drug-likeness (QED) is 0.493. The van der Waals surface area contributed by atoms with Gasteiger partial charge in [0.1, 0.15) is 0 Å². The molecule has 0 atom stereocenters. The molecular formula is C12H23NO. The maximum Gasteiger partial charge on any atom is 0.217 e. The highest BCUT2D eigenvalue weighted by Gasteiger charge is 1.92. The van der Waals surface area contributed by atoms with Crippen molar-refractivity contribution in [1.82, 2.24) is 5.32 Å². The average Bonchev–Trinajstić information content (AvgIpc) is 2.14. The first-order chi connectivity index (χ1) is 6.66. The van der Waals surface area contributed by atoms with Gasteiger partial charge in [-0.3, -0.25) is 4.79 Å². The van der Waals surface area contributed by atoms with Crippen LogP contribution in [0.4, 0.5) is 0 Å². The zero-order valence-electron chi connectivity index (χ0n) is 9.73. The lowest BCUT2D eigenvalue weighted by molar-refractivity contribution is -0.118. The number of hydrogen-bond acceptors (Lipinski definition) is 1. The number of carbonyl (C=O) groups is 1. The van der Waals surface area contributed by atoms with Crippen molar-refractivity contribution in [2.24, 2.45) is 0 Å². The second-order valence-corrected chi connectivity index (χ2v) is 3.81. The molecule has 0 radical (unpaired) electrons. The minimum Gasteiger partial charge on any atom is -0.353 e. The van der Waals surface area contributed by atoms with Gasteiger partial charge in [-0.1, -0.05) is 37.8 Å². The Morgan fingerprint density at radius 1 is 1.21 bits per heavy atom. The van der Waals surface area contributed by atoms with E-state index in [1.807, 2.05) is 0 Å². The van der Waals surface area contributed by atoms with Crippen LogP contribution in [0.5, 0.6) is 0 Å². The third-order valence-corrected chi connectivity index (χ3v) is 2.17. The molecule has 2 nitrogen and oxygen atoms in total. The molecule has 0 unspecified atom stereocenters. The van der Waals surface area contributed by atoms with Crippen LogP contribution in [0.2, 0.25) is 0 Å². The smallest absolute Gasteiger partial charge is 0.217 e. The normalized spacial score (nSPS) is 11.5. The van der Waals surface area contributed by atoms with Gasteiger partial charge >= 0.3 is 0 Å². The van der Waals surface area contributed by atoms with E-state index < -0.39 is 0 Å². The van der Waals surface area contributed by atoms with Crippen LogP contribution in [0.3, 0.4) is 0 Å². The Morgan fingerprint density at radius 3 is 2.50 bits per heavy atom. The SMILES string of the molecule is CCCCCC/C=C(/C)CNC(C)=O. The van der Waals surface area contributed by atoms with Crippen molar-refractivity contribution in [3.63, 3.8) is 0 Å². The Bertz CT molecular complexity index is 185. The van der Waals surface area contributed by atoms with Gasteiger partial charge in [-0.05, 0) is 19.8 Å². The van der Waals surface area contributed by atoms with E-state index in [1.165, 1.54) is 31.3 Å². The van der Waals surface area contributed by atoms with Crippen LogP contribution in [0, 0.1) is 0 Å². The molecule has 0 saturated carbocycles. The standard InChI is InChI=1S/C12H23NO/c1-4-5-6-7-8-9-11(2)10-13-12(3)14/h9H,4-8,10H2,1-3H3,(H,13,14)/b11-9-. The Kier molecular flexibility index (Phi) is 8.30. The van der Waals surface area contributed by atoms with E-state index in [2.05, 4.69) is 25.2 Å². The Morgan fingerprint density at radius 2 is 1.93 bits per heavy atom. The molecular weight excluding hydrogens is 174 g/mol. The molecule has 0 aromatic heterocycles. The zero-order valence-corrected chi connectivity index (χ0v) is 9.73. The molecule has 0 aliphatic rings. The minimum absolute atomic E-state index is 0.0451. The van der Waals surface area contributed by atoms with E-state index >= 15 is 0 Å². The van der Waals surface area contributed by atoms with E-state index in [1.54, 1.807) is 6.92 Å². The fraction of sp³-hybridized carbons (Fsp3) is 0.750. The molecule has 0 rings (SSSR count). The molecule has 1 amide bonds. The second kappa shape index (κ2) is 8.79. The summed E-state index contributed by atoms with van der Waals surface area (Å²) in [5.41, 5.74) is 1.26. The molecule has 0 aromatic carbocycles. The van der Waals surface area contributed by atoms with Gasteiger partial charge in [0.2, 0.25) is 5.91 Å². The molecule has 82 valence electrons. The summed E-state index contributed by atoms with van der Waals surface area (Å²) in [6.45, 7) is 6.53. The predicted molar refractivity (Wildman–Crippen MR) is 61.2 cm³/mol. The van der Waals surface area contributed by atoms with E-state index in [9.17, 15) is 4.79 Å². The summed E-state index contributed by atoms with van der Waals surface area (Å²) in [7, 11) is 0. The highest BCUT2D eigenvalue weighted by Crippen LogP contribution is 2.04. The van der Waals surface area contributed by atoms with E-state index in [4.69, 9.17) is 0 Å². The van der Waals surface area contributed by atoms with Crippen molar-refractivity contribution >= 4 is 5.91 Å².